The molecule has 11 rings (SSSR count). The van der Waals surface area contributed by atoms with Crippen LogP contribution in [0.15, 0.2) is 194 Å². The number of aromatic nitrogens is 2. The van der Waals surface area contributed by atoms with Gasteiger partial charge in [0.05, 0.1) is 11.4 Å². The molecule has 1 aliphatic carbocycles. The van der Waals surface area contributed by atoms with Crippen molar-refractivity contribution in [3.63, 3.8) is 0 Å². The molecule has 0 atom stereocenters. The molecule has 0 N–H and O–H groups in total. The Balaban J connectivity index is 1.08. The predicted molar refractivity (Wildman–Crippen MR) is 239 cm³/mol. The highest BCUT2D eigenvalue weighted by atomic mass is 14.9. The summed E-state index contributed by atoms with van der Waals surface area (Å²) in [7, 11) is 0. The summed E-state index contributed by atoms with van der Waals surface area (Å²) in [5.74, 6) is 0.706. The van der Waals surface area contributed by atoms with Crippen LogP contribution in [0.3, 0.4) is 0 Å². The van der Waals surface area contributed by atoms with E-state index in [-0.39, 0.29) is 5.41 Å². The Morgan fingerprint density at radius 3 is 1.70 bits per heavy atom. The molecule has 57 heavy (non-hydrogen) atoms. The smallest absolute Gasteiger partial charge is 0.160 e. The second-order valence-electron chi connectivity index (χ2n) is 15.7. The van der Waals surface area contributed by atoms with Crippen LogP contribution in [0.4, 0.5) is 0 Å². The van der Waals surface area contributed by atoms with Gasteiger partial charge in [0.2, 0.25) is 0 Å². The van der Waals surface area contributed by atoms with Gasteiger partial charge in [-0.2, -0.15) is 0 Å². The normalized spacial score (nSPS) is 12.9. The lowest BCUT2D eigenvalue weighted by molar-refractivity contribution is 0.666. The van der Waals surface area contributed by atoms with Crippen molar-refractivity contribution >= 4 is 32.3 Å². The molecule has 0 amide bonds. The average Bonchev–Trinajstić information content (AvgIpc) is 3.51. The molecule has 2 heteroatoms. The first-order valence-electron chi connectivity index (χ1n) is 19.7. The molecular formula is C55H38N2. The number of benzene rings is 9. The number of nitrogens with zero attached hydrogens (tertiary/aromatic N) is 2. The van der Waals surface area contributed by atoms with Crippen LogP contribution in [-0.2, 0) is 5.41 Å². The molecule has 0 radical (unpaired) electrons. The topological polar surface area (TPSA) is 25.8 Å². The van der Waals surface area contributed by atoms with E-state index in [1.54, 1.807) is 0 Å². The molecule has 1 heterocycles. The molecule has 2 nitrogen and oxygen atoms in total. The molecule has 0 saturated heterocycles. The van der Waals surface area contributed by atoms with Gasteiger partial charge < -0.3 is 0 Å². The Labute approximate surface area is 332 Å². The Hall–Kier alpha value is -7.16. The van der Waals surface area contributed by atoms with Crippen molar-refractivity contribution in [2.45, 2.75) is 19.3 Å². The van der Waals surface area contributed by atoms with E-state index in [1.165, 1.54) is 60.3 Å². The zero-order valence-corrected chi connectivity index (χ0v) is 31.9. The molecule has 268 valence electrons. The SMILES string of the molecule is CC1(C)c2ccc(-c3ccc(-c4cc(-c5ccccc5-c5ccc6ccccc6c5)nc(-c5ccccc5)n4)c4ccccc34)cc2-c2ccc3ccccc3c21. The van der Waals surface area contributed by atoms with E-state index in [4.69, 9.17) is 9.97 Å². The van der Waals surface area contributed by atoms with E-state index < -0.39 is 0 Å². The number of hydrogen-bond acceptors (Lipinski definition) is 2. The molecule has 0 unspecified atom stereocenters. The Kier molecular flexibility index (Phi) is 7.55. The van der Waals surface area contributed by atoms with Gasteiger partial charge in [-0.1, -0.05) is 190 Å². The monoisotopic (exact) mass is 726 g/mol. The van der Waals surface area contributed by atoms with Gasteiger partial charge in [0.1, 0.15) is 0 Å². The van der Waals surface area contributed by atoms with Gasteiger partial charge in [-0.15, -0.1) is 0 Å². The average molecular weight is 727 g/mol. The number of fused-ring (bicyclic) bond motifs is 7. The quantitative estimate of drug-likeness (QED) is 0.176. The zero-order valence-electron chi connectivity index (χ0n) is 31.9. The largest absolute Gasteiger partial charge is 0.228 e. The van der Waals surface area contributed by atoms with Crippen LogP contribution in [0.25, 0.3) is 99.6 Å². The minimum Gasteiger partial charge on any atom is -0.228 e. The van der Waals surface area contributed by atoms with Gasteiger partial charge in [-0.05, 0) is 95.0 Å². The van der Waals surface area contributed by atoms with Crippen molar-refractivity contribution < 1.29 is 0 Å². The highest BCUT2D eigenvalue weighted by Gasteiger charge is 2.37. The standard InChI is InChI=1S/C55H38N2/c1-55(2)50-31-27-40(33-49(50)48-28-26-36-15-8-9-20-43(36)53(48)55)42-29-30-47(45-22-12-11-21-44(42)45)52-34-51(56-54(57-52)37-16-4-3-5-17-37)46-23-13-10-19-41(46)39-25-24-35-14-6-7-18-38(35)32-39/h3-34H,1-2H3. The third-order valence-corrected chi connectivity index (χ3v) is 12.1. The highest BCUT2D eigenvalue weighted by Crippen LogP contribution is 2.52. The lowest BCUT2D eigenvalue weighted by Crippen LogP contribution is -2.15. The van der Waals surface area contributed by atoms with Crippen molar-refractivity contribution in [1.29, 1.82) is 0 Å². The second-order valence-corrected chi connectivity index (χ2v) is 15.7. The summed E-state index contributed by atoms with van der Waals surface area (Å²) in [5, 5.41) is 7.44. The maximum absolute atomic E-state index is 5.30. The summed E-state index contributed by atoms with van der Waals surface area (Å²) in [4.78, 5) is 10.6. The summed E-state index contributed by atoms with van der Waals surface area (Å²) >= 11 is 0. The molecular weight excluding hydrogens is 689 g/mol. The fourth-order valence-corrected chi connectivity index (χ4v) is 9.31. The molecule has 9 aromatic carbocycles. The lowest BCUT2D eigenvalue weighted by Gasteiger charge is -2.23. The molecule has 1 aromatic heterocycles. The third kappa shape index (κ3) is 5.40. The van der Waals surface area contributed by atoms with Gasteiger partial charge in [0.25, 0.3) is 0 Å². The van der Waals surface area contributed by atoms with E-state index in [0.29, 0.717) is 5.82 Å². The van der Waals surface area contributed by atoms with E-state index in [9.17, 15) is 0 Å². The van der Waals surface area contributed by atoms with Crippen molar-refractivity contribution in [2.24, 2.45) is 0 Å². The van der Waals surface area contributed by atoms with Crippen molar-refractivity contribution in [1.82, 2.24) is 9.97 Å². The van der Waals surface area contributed by atoms with Crippen LogP contribution in [-0.4, -0.2) is 9.97 Å². The summed E-state index contributed by atoms with van der Waals surface area (Å²) in [6.45, 7) is 4.74. The van der Waals surface area contributed by atoms with E-state index >= 15 is 0 Å². The van der Waals surface area contributed by atoms with Crippen molar-refractivity contribution in [3.8, 4) is 67.3 Å². The van der Waals surface area contributed by atoms with Gasteiger partial charge in [-0.3, -0.25) is 0 Å². The predicted octanol–water partition coefficient (Wildman–Crippen LogP) is 14.6. The molecule has 0 aliphatic heterocycles. The molecule has 0 spiro atoms. The minimum atomic E-state index is -0.0932. The Morgan fingerprint density at radius 1 is 0.333 bits per heavy atom. The Bertz CT molecular complexity index is 3210. The number of hydrogen-bond donors (Lipinski definition) is 0. The summed E-state index contributed by atoms with van der Waals surface area (Å²) < 4.78 is 0. The van der Waals surface area contributed by atoms with Crippen LogP contribution in [0.5, 0.6) is 0 Å². The van der Waals surface area contributed by atoms with Gasteiger partial charge >= 0.3 is 0 Å². The maximum atomic E-state index is 5.30. The molecule has 0 saturated carbocycles. The zero-order chi connectivity index (χ0) is 38.1. The first-order chi connectivity index (χ1) is 28.0. The van der Waals surface area contributed by atoms with Crippen molar-refractivity contribution in [2.75, 3.05) is 0 Å². The van der Waals surface area contributed by atoms with Gasteiger partial charge in [0, 0.05) is 22.1 Å². The van der Waals surface area contributed by atoms with Crippen LogP contribution in [0, 0.1) is 0 Å². The fraction of sp³-hybridized carbons (Fsp3) is 0.0545. The first-order valence-corrected chi connectivity index (χ1v) is 19.7. The van der Waals surface area contributed by atoms with Crippen LogP contribution in [0.2, 0.25) is 0 Å². The lowest BCUT2D eigenvalue weighted by atomic mass is 9.80. The second kappa shape index (κ2) is 13.0. The molecule has 10 aromatic rings. The van der Waals surface area contributed by atoms with E-state index in [2.05, 4.69) is 202 Å². The molecule has 1 aliphatic rings. The third-order valence-electron chi connectivity index (χ3n) is 12.1. The van der Waals surface area contributed by atoms with Gasteiger partial charge in [-0.25, -0.2) is 9.97 Å². The molecule has 0 fully saturated rings. The van der Waals surface area contributed by atoms with E-state index in [1.807, 2.05) is 6.07 Å². The number of rotatable bonds is 5. The first kappa shape index (κ1) is 33.2. The van der Waals surface area contributed by atoms with E-state index in [0.717, 1.165) is 44.6 Å². The minimum absolute atomic E-state index is 0.0932. The Morgan fingerprint density at radius 2 is 0.895 bits per heavy atom. The van der Waals surface area contributed by atoms with Crippen LogP contribution >= 0.6 is 0 Å². The maximum Gasteiger partial charge on any atom is 0.160 e. The summed E-state index contributed by atoms with van der Waals surface area (Å²) in [6, 6.07) is 70.1. The fourth-order valence-electron chi connectivity index (χ4n) is 9.31. The highest BCUT2D eigenvalue weighted by molar-refractivity contribution is 6.06. The van der Waals surface area contributed by atoms with Gasteiger partial charge in [0.15, 0.2) is 5.82 Å². The van der Waals surface area contributed by atoms with Crippen LogP contribution in [0.1, 0.15) is 25.0 Å². The van der Waals surface area contributed by atoms with Crippen LogP contribution < -0.4 is 0 Å². The summed E-state index contributed by atoms with van der Waals surface area (Å²) in [6.07, 6.45) is 0. The summed E-state index contributed by atoms with van der Waals surface area (Å²) in [5.41, 5.74) is 15.0. The molecule has 0 bridgehead atoms. The van der Waals surface area contributed by atoms with Crippen molar-refractivity contribution in [3.05, 3.63) is 205 Å².